The Labute approximate surface area is 172 Å². The van der Waals surface area contributed by atoms with Gasteiger partial charge in [0.1, 0.15) is 22.8 Å². The molecule has 6 nitrogen and oxygen atoms in total. The van der Waals surface area contributed by atoms with Crippen LogP contribution in [0.5, 0.6) is 5.75 Å². The number of amides is 1. The summed E-state index contributed by atoms with van der Waals surface area (Å²) in [5.41, 5.74) is 2.50. The maximum absolute atomic E-state index is 12.7. The highest BCUT2D eigenvalue weighted by molar-refractivity contribution is 6.30. The van der Waals surface area contributed by atoms with E-state index in [0.29, 0.717) is 28.7 Å². The van der Waals surface area contributed by atoms with Gasteiger partial charge < -0.3 is 19.8 Å². The lowest BCUT2D eigenvalue weighted by atomic mass is 10.2. The number of halogens is 1. The first-order valence-corrected chi connectivity index (χ1v) is 9.33. The van der Waals surface area contributed by atoms with Gasteiger partial charge in [0.25, 0.3) is 5.91 Å². The van der Waals surface area contributed by atoms with Crippen LogP contribution in [0.4, 0.5) is 11.5 Å². The van der Waals surface area contributed by atoms with Gasteiger partial charge in [-0.2, -0.15) is 0 Å². The SMILES string of the molecule is COc1ccccc1CNC(=O)c1cc2occc2c(Nc2ccc(Cl)cc2)n1. The van der Waals surface area contributed by atoms with Crippen molar-refractivity contribution in [1.82, 2.24) is 10.3 Å². The maximum atomic E-state index is 12.7. The number of ether oxygens (including phenoxy) is 1. The summed E-state index contributed by atoms with van der Waals surface area (Å²) in [6.45, 7) is 0.320. The molecule has 0 unspecified atom stereocenters. The van der Waals surface area contributed by atoms with E-state index in [1.165, 1.54) is 0 Å². The largest absolute Gasteiger partial charge is 0.496 e. The van der Waals surface area contributed by atoms with Crippen LogP contribution in [-0.2, 0) is 6.54 Å². The number of pyridine rings is 1. The van der Waals surface area contributed by atoms with E-state index in [9.17, 15) is 4.79 Å². The molecule has 2 aromatic carbocycles. The van der Waals surface area contributed by atoms with Crippen molar-refractivity contribution in [3.8, 4) is 5.75 Å². The van der Waals surface area contributed by atoms with E-state index < -0.39 is 0 Å². The first-order valence-electron chi connectivity index (χ1n) is 8.95. The van der Waals surface area contributed by atoms with Crippen LogP contribution in [0.15, 0.2) is 71.3 Å². The summed E-state index contributed by atoms with van der Waals surface area (Å²) in [5, 5.41) is 7.51. The molecule has 2 N–H and O–H groups in total. The fourth-order valence-electron chi connectivity index (χ4n) is 2.96. The predicted octanol–water partition coefficient (Wildman–Crippen LogP) is 5.16. The molecule has 0 radical (unpaired) electrons. The molecule has 0 aliphatic heterocycles. The van der Waals surface area contributed by atoms with Gasteiger partial charge in [0.2, 0.25) is 0 Å². The van der Waals surface area contributed by atoms with Crippen molar-refractivity contribution in [3.63, 3.8) is 0 Å². The van der Waals surface area contributed by atoms with Gasteiger partial charge in [-0.3, -0.25) is 4.79 Å². The monoisotopic (exact) mass is 407 g/mol. The number of carbonyl (C=O) groups excluding carboxylic acids is 1. The minimum atomic E-state index is -0.312. The van der Waals surface area contributed by atoms with E-state index in [2.05, 4.69) is 15.6 Å². The van der Waals surface area contributed by atoms with Gasteiger partial charge in [-0.05, 0) is 36.4 Å². The maximum Gasteiger partial charge on any atom is 0.270 e. The van der Waals surface area contributed by atoms with E-state index in [1.807, 2.05) is 36.4 Å². The van der Waals surface area contributed by atoms with Gasteiger partial charge in [0.15, 0.2) is 0 Å². The number of para-hydroxylation sites is 1. The van der Waals surface area contributed by atoms with Crippen molar-refractivity contribution in [3.05, 3.63) is 83.2 Å². The quantitative estimate of drug-likeness (QED) is 0.461. The van der Waals surface area contributed by atoms with E-state index in [-0.39, 0.29) is 11.6 Å². The average Bonchev–Trinajstić information content (AvgIpc) is 3.23. The molecular formula is C22H18ClN3O3. The Bertz CT molecular complexity index is 1160. The molecule has 4 rings (SSSR count). The zero-order chi connectivity index (χ0) is 20.2. The minimum absolute atomic E-state index is 0.249. The molecule has 0 bridgehead atoms. The second-order valence-electron chi connectivity index (χ2n) is 6.31. The van der Waals surface area contributed by atoms with Crippen LogP contribution in [0.3, 0.4) is 0 Å². The van der Waals surface area contributed by atoms with Gasteiger partial charge in [-0.25, -0.2) is 4.98 Å². The predicted molar refractivity (Wildman–Crippen MR) is 113 cm³/mol. The van der Waals surface area contributed by atoms with Gasteiger partial charge in [0, 0.05) is 28.9 Å². The summed E-state index contributed by atoms with van der Waals surface area (Å²) in [4.78, 5) is 17.2. The summed E-state index contributed by atoms with van der Waals surface area (Å²) in [5.74, 6) is 0.932. The Kier molecular flexibility index (Phi) is 5.35. The summed E-state index contributed by atoms with van der Waals surface area (Å²) >= 11 is 5.95. The molecule has 0 saturated carbocycles. The van der Waals surface area contributed by atoms with Crippen molar-refractivity contribution >= 4 is 40.0 Å². The summed E-state index contributed by atoms with van der Waals surface area (Å²) in [6, 6.07) is 18.2. The molecule has 1 amide bonds. The van der Waals surface area contributed by atoms with E-state index in [4.69, 9.17) is 20.8 Å². The number of methoxy groups -OCH3 is 1. The molecule has 2 aromatic heterocycles. The number of benzene rings is 2. The topological polar surface area (TPSA) is 76.4 Å². The molecule has 0 fully saturated rings. The normalized spacial score (nSPS) is 10.7. The van der Waals surface area contributed by atoms with Crippen LogP contribution in [0.2, 0.25) is 5.02 Å². The highest BCUT2D eigenvalue weighted by atomic mass is 35.5. The third-order valence-electron chi connectivity index (χ3n) is 4.42. The van der Waals surface area contributed by atoms with Crippen molar-refractivity contribution < 1.29 is 13.9 Å². The molecule has 0 saturated heterocycles. The first-order chi connectivity index (χ1) is 14.1. The van der Waals surface area contributed by atoms with Gasteiger partial charge in [-0.1, -0.05) is 29.8 Å². The second kappa shape index (κ2) is 8.24. The fraction of sp³-hybridized carbons (Fsp3) is 0.0909. The third-order valence-corrected chi connectivity index (χ3v) is 4.67. The summed E-state index contributed by atoms with van der Waals surface area (Å²) in [6.07, 6.45) is 1.57. The Morgan fingerprint density at radius 2 is 1.93 bits per heavy atom. The first kappa shape index (κ1) is 18.8. The third kappa shape index (κ3) is 4.17. The number of nitrogens with zero attached hydrogens (tertiary/aromatic N) is 1. The molecule has 4 aromatic rings. The molecule has 146 valence electrons. The van der Waals surface area contributed by atoms with Crippen LogP contribution < -0.4 is 15.4 Å². The van der Waals surface area contributed by atoms with Gasteiger partial charge >= 0.3 is 0 Å². The molecule has 2 heterocycles. The number of hydrogen-bond donors (Lipinski definition) is 2. The zero-order valence-electron chi connectivity index (χ0n) is 15.6. The Hall–Kier alpha value is -3.51. The lowest BCUT2D eigenvalue weighted by Crippen LogP contribution is -2.24. The summed E-state index contributed by atoms with van der Waals surface area (Å²) < 4.78 is 10.8. The molecule has 29 heavy (non-hydrogen) atoms. The fourth-order valence-corrected chi connectivity index (χ4v) is 3.09. The molecule has 0 aliphatic carbocycles. The average molecular weight is 408 g/mol. The number of anilines is 2. The Morgan fingerprint density at radius 3 is 2.72 bits per heavy atom. The summed E-state index contributed by atoms with van der Waals surface area (Å²) in [7, 11) is 1.60. The smallest absolute Gasteiger partial charge is 0.270 e. The van der Waals surface area contributed by atoms with Crippen LogP contribution in [0.25, 0.3) is 11.0 Å². The highest BCUT2D eigenvalue weighted by Crippen LogP contribution is 2.27. The van der Waals surface area contributed by atoms with Crippen LogP contribution >= 0.6 is 11.6 Å². The highest BCUT2D eigenvalue weighted by Gasteiger charge is 2.15. The Morgan fingerprint density at radius 1 is 1.14 bits per heavy atom. The minimum Gasteiger partial charge on any atom is -0.496 e. The number of fused-ring (bicyclic) bond motifs is 1. The number of aromatic nitrogens is 1. The second-order valence-corrected chi connectivity index (χ2v) is 6.75. The molecule has 0 spiro atoms. The van der Waals surface area contributed by atoms with Gasteiger partial charge in [0.05, 0.1) is 18.8 Å². The zero-order valence-corrected chi connectivity index (χ0v) is 16.4. The number of nitrogens with one attached hydrogen (secondary N) is 2. The molecular weight excluding hydrogens is 390 g/mol. The number of furan rings is 1. The van der Waals surface area contributed by atoms with Crippen LogP contribution in [0, 0.1) is 0 Å². The number of carbonyl (C=O) groups is 1. The Balaban J connectivity index is 1.58. The van der Waals surface area contributed by atoms with Crippen molar-refractivity contribution in [2.24, 2.45) is 0 Å². The van der Waals surface area contributed by atoms with Crippen molar-refractivity contribution in [2.45, 2.75) is 6.54 Å². The van der Waals surface area contributed by atoms with E-state index in [1.54, 1.807) is 37.6 Å². The van der Waals surface area contributed by atoms with Crippen molar-refractivity contribution in [2.75, 3.05) is 12.4 Å². The molecule has 0 atom stereocenters. The standard InChI is InChI=1S/C22H18ClN3O3/c1-28-19-5-3-2-4-14(19)13-24-22(27)18-12-20-17(10-11-29-20)21(26-18)25-16-8-6-15(23)7-9-16/h2-12H,13H2,1H3,(H,24,27)(H,25,26). The lowest BCUT2D eigenvalue weighted by molar-refractivity contribution is 0.0946. The molecule has 7 heteroatoms. The van der Waals surface area contributed by atoms with Crippen LogP contribution in [-0.4, -0.2) is 18.0 Å². The van der Waals surface area contributed by atoms with Gasteiger partial charge in [-0.15, -0.1) is 0 Å². The number of rotatable bonds is 6. The van der Waals surface area contributed by atoms with E-state index >= 15 is 0 Å². The lowest BCUT2D eigenvalue weighted by Gasteiger charge is -2.11. The molecule has 0 aliphatic rings. The van der Waals surface area contributed by atoms with Crippen molar-refractivity contribution in [1.29, 1.82) is 0 Å². The van der Waals surface area contributed by atoms with E-state index in [0.717, 1.165) is 16.6 Å². The van der Waals surface area contributed by atoms with Crippen LogP contribution in [0.1, 0.15) is 16.1 Å². The number of hydrogen-bond acceptors (Lipinski definition) is 5.